The first-order valence-electron chi connectivity index (χ1n) is 9.57. The van der Waals surface area contributed by atoms with E-state index in [1.54, 1.807) is 11.3 Å². The molecule has 0 fully saturated rings. The minimum absolute atomic E-state index is 0.00348. The molecule has 2 aromatic heterocycles. The number of nitrogens with one attached hydrogen (secondary N) is 2. The zero-order chi connectivity index (χ0) is 18.8. The summed E-state index contributed by atoms with van der Waals surface area (Å²) >= 11 is 1.69. The number of aromatic nitrogens is 2. The van der Waals surface area contributed by atoms with Crippen molar-refractivity contribution in [1.82, 2.24) is 15.3 Å². The Bertz CT molecular complexity index is 980. The highest BCUT2D eigenvalue weighted by Crippen LogP contribution is 2.35. The molecule has 2 heterocycles. The Hall–Kier alpha value is -2.18. The summed E-state index contributed by atoms with van der Waals surface area (Å²) in [5.74, 6) is 2.24. The molecule has 0 saturated carbocycles. The molecule has 0 bridgehead atoms. The maximum atomic E-state index is 12.7. The Balaban J connectivity index is 1.44. The van der Waals surface area contributed by atoms with Crippen molar-refractivity contribution in [2.24, 2.45) is 5.92 Å². The Morgan fingerprint density at radius 2 is 2.19 bits per heavy atom. The summed E-state index contributed by atoms with van der Waals surface area (Å²) in [5.41, 5.74) is 1.22. The first-order chi connectivity index (χ1) is 13.1. The van der Waals surface area contributed by atoms with Gasteiger partial charge in [-0.1, -0.05) is 25.1 Å². The van der Waals surface area contributed by atoms with Gasteiger partial charge in [0.15, 0.2) is 0 Å². The molecule has 0 unspecified atom stereocenters. The summed E-state index contributed by atoms with van der Waals surface area (Å²) in [6, 6.07) is 9.72. The van der Waals surface area contributed by atoms with Crippen molar-refractivity contribution >= 4 is 21.6 Å². The van der Waals surface area contributed by atoms with Crippen LogP contribution in [-0.2, 0) is 12.8 Å². The Morgan fingerprint density at radius 3 is 3.00 bits per heavy atom. The standard InChI is InChI=1S/C21H25N3O2S/c1-13-8-9-16-17(12-13)27-21-18(16)20(25)23-19(24-21)14(2)22-10-11-26-15-6-4-3-5-7-15/h3-7,13-14,22H,8-12H2,1-2H3,(H,23,24,25)/t13-,14-/m0/s1. The number of aromatic amines is 1. The van der Waals surface area contributed by atoms with Crippen LogP contribution in [0.3, 0.4) is 0 Å². The molecule has 0 spiro atoms. The number of para-hydroxylation sites is 1. The van der Waals surface area contributed by atoms with Gasteiger partial charge in [-0.2, -0.15) is 0 Å². The van der Waals surface area contributed by atoms with Gasteiger partial charge in [-0.25, -0.2) is 4.98 Å². The molecule has 2 N–H and O–H groups in total. The molecule has 3 aromatic rings. The number of nitrogens with zero attached hydrogens (tertiary/aromatic N) is 1. The van der Waals surface area contributed by atoms with Crippen LogP contribution in [0.1, 0.15) is 42.6 Å². The van der Waals surface area contributed by atoms with Crippen molar-refractivity contribution in [1.29, 1.82) is 0 Å². The van der Waals surface area contributed by atoms with E-state index in [4.69, 9.17) is 9.72 Å². The molecule has 1 aliphatic carbocycles. The number of ether oxygens (including phenoxy) is 1. The fraction of sp³-hybridized carbons (Fsp3) is 0.429. The van der Waals surface area contributed by atoms with Gasteiger partial charge >= 0.3 is 0 Å². The average Bonchev–Trinajstić information content (AvgIpc) is 3.03. The number of H-pyrrole nitrogens is 1. The van der Waals surface area contributed by atoms with E-state index < -0.39 is 0 Å². The minimum atomic E-state index is -0.0421. The number of benzene rings is 1. The van der Waals surface area contributed by atoms with E-state index in [0.29, 0.717) is 24.9 Å². The van der Waals surface area contributed by atoms with Gasteiger partial charge in [-0.15, -0.1) is 11.3 Å². The lowest BCUT2D eigenvalue weighted by atomic mass is 9.89. The van der Waals surface area contributed by atoms with Gasteiger partial charge in [-0.05, 0) is 49.8 Å². The zero-order valence-corrected chi connectivity index (χ0v) is 16.6. The van der Waals surface area contributed by atoms with Crippen LogP contribution >= 0.6 is 11.3 Å². The SMILES string of the molecule is C[C@H]1CCc2c(sc3nc([C@H](C)NCCOc4ccccc4)[nH]c(=O)c23)C1. The maximum absolute atomic E-state index is 12.7. The molecule has 0 aliphatic heterocycles. The van der Waals surface area contributed by atoms with Gasteiger partial charge < -0.3 is 15.0 Å². The number of thiophene rings is 1. The van der Waals surface area contributed by atoms with Crippen molar-refractivity contribution in [2.75, 3.05) is 13.2 Å². The molecule has 0 amide bonds. The molecule has 0 saturated heterocycles. The van der Waals surface area contributed by atoms with Crippen LogP contribution in [0.2, 0.25) is 0 Å². The van der Waals surface area contributed by atoms with Crippen LogP contribution in [0, 0.1) is 5.92 Å². The van der Waals surface area contributed by atoms with Crippen molar-refractivity contribution in [3.63, 3.8) is 0 Å². The minimum Gasteiger partial charge on any atom is -0.492 e. The predicted molar refractivity (Wildman–Crippen MR) is 110 cm³/mol. The number of rotatable bonds is 6. The number of hydrogen-bond acceptors (Lipinski definition) is 5. The third-order valence-corrected chi connectivity index (χ3v) is 6.31. The molecule has 1 aliphatic rings. The third-order valence-electron chi connectivity index (χ3n) is 5.16. The Labute approximate surface area is 162 Å². The van der Waals surface area contributed by atoms with E-state index in [1.807, 2.05) is 37.3 Å². The van der Waals surface area contributed by atoms with Crippen LogP contribution in [0.15, 0.2) is 35.1 Å². The average molecular weight is 384 g/mol. The van der Waals surface area contributed by atoms with E-state index in [1.165, 1.54) is 10.4 Å². The molecule has 1 aromatic carbocycles. The second-order valence-corrected chi connectivity index (χ2v) is 8.40. The summed E-state index contributed by atoms with van der Waals surface area (Å²) < 4.78 is 5.70. The number of aryl methyl sites for hydroxylation is 1. The molecule has 6 heteroatoms. The topological polar surface area (TPSA) is 67.0 Å². The molecule has 27 heavy (non-hydrogen) atoms. The molecule has 5 nitrogen and oxygen atoms in total. The van der Waals surface area contributed by atoms with Gasteiger partial charge in [0.05, 0.1) is 11.4 Å². The number of fused-ring (bicyclic) bond motifs is 3. The Morgan fingerprint density at radius 1 is 1.37 bits per heavy atom. The van der Waals surface area contributed by atoms with Gasteiger partial charge in [-0.3, -0.25) is 4.79 Å². The number of hydrogen-bond donors (Lipinski definition) is 2. The quantitative estimate of drug-likeness (QED) is 0.635. The summed E-state index contributed by atoms with van der Waals surface area (Å²) in [7, 11) is 0. The van der Waals surface area contributed by atoms with Crippen molar-refractivity contribution in [3.8, 4) is 5.75 Å². The normalized spacial score (nSPS) is 17.6. The first kappa shape index (κ1) is 18.2. The summed E-state index contributed by atoms with van der Waals surface area (Å²) in [6.07, 6.45) is 3.21. The molecule has 2 atom stereocenters. The molecule has 0 radical (unpaired) electrons. The lowest BCUT2D eigenvalue weighted by Crippen LogP contribution is -2.27. The Kier molecular flexibility index (Phi) is 5.27. The molecular weight excluding hydrogens is 358 g/mol. The smallest absolute Gasteiger partial charge is 0.259 e. The van der Waals surface area contributed by atoms with Crippen molar-refractivity contribution in [3.05, 3.63) is 57.0 Å². The van der Waals surface area contributed by atoms with Crippen molar-refractivity contribution < 1.29 is 4.74 Å². The van der Waals surface area contributed by atoms with Crippen LogP contribution in [-0.4, -0.2) is 23.1 Å². The lowest BCUT2D eigenvalue weighted by molar-refractivity contribution is 0.306. The van der Waals surface area contributed by atoms with Crippen LogP contribution in [0.5, 0.6) is 5.75 Å². The summed E-state index contributed by atoms with van der Waals surface area (Å²) in [5, 5.41) is 4.19. The molecule has 142 valence electrons. The van der Waals surface area contributed by atoms with E-state index in [2.05, 4.69) is 17.2 Å². The second kappa shape index (κ2) is 7.82. The van der Waals surface area contributed by atoms with Crippen LogP contribution < -0.4 is 15.6 Å². The summed E-state index contributed by atoms with van der Waals surface area (Å²) in [6.45, 7) is 5.53. The van der Waals surface area contributed by atoms with Gasteiger partial charge in [0.1, 0.15) is 23.0 Å². The highest BCUT2D eigenvalue weighted by Gasteiger charge is 2.23. The first-order valence-corrected chi connectivity index (χ1v) is 10.4. The maximum Gasteiger partial charge on any atom is 0.259 e. The molecule has 4 rings (SSSR count). The fourth-order valence-corrected chi connectivity index (χ4v) is 5.02. The summed E-state index contributed by atoms with van der Waals surface area (Å²) in [4.78, 5) is 22.7. The van der Waals surface area contributed by atoms with Gasteiger partial charge in [0.2, 0.25) is 0 Å². The highest BCUT2D eigenvalue weighted by atomic mass is 32.1. The van der Waals surface area contributed by atoms with E-state index >= 15 is 0 Å². The second-order valence-electron chi connectivity index (χ2n) is 7.32. The fourth-order valence-electron chi connectivity index (χ4n) is 3.63. The van der Waals surface area contributed by atoms with E-state index in [-0.39, 0.29) is 11.6 Å². The predicted octanol–water partition coefficient (Wildman–Crippen LogP) is 3.84. The van der Waals surface area contributed by atoms with E-state index in [0.717, 1.165) is 35.2 Å². The lowest BCUT2D eigenvalue weighted by Gasteiger charge is -2.17. The molecular formula is C21H25N3O2S. The van der Waals surface area contributed by atoms with Crippen LogP contribution in [0.4, 0.5) is 0 Å². The zero-order valence-electron chi connectivity index (χ0n) is 15.7. The van der Waals surface area contributed by atoms with Gasteiger partial charge in [0.25, 0.3) is 5.56 Å². The van der Waals surface area contributed by atoms with Crippen molar-refractivity contribution in [2.45, 2.75) is 39.2 Å². The third kappa shape index (κ3) is 3.92. The van der Waals surface area contributed by atoms with Gasteiger partial charge in [0, 0.05) is 11.4 Å². The highest BCUT2D eigenvalue weighted by molar-refractivity contribution is 7.18. The monoisotopic (exact) mass is 383 g/mol. The van der Waals surface area contributed by atoms with Crippen LogP contribution in [0.25, 0.3) is 10.2 Å². The van der Waals surface area contributed by atoms with E-state index in [9.17, 15) is 4.79 Å². The largest absolute Gasteiger partial charge is 0.492 e.